The lowest BCUT2D eigenvalue weighted by Crippen LogP contribution is -2.06. The molecule has 0 atom stereocenters. The molecule has 13 heteroatoms. The van der Waals surface area contributed by atoms with Crippen molar-refractivity contribution >= 4 is 70.4 Å². The summed E-state index contributed by atoms with van der Waals surface area (Å²) in [7, 11) is 0. The number of rotatable bonds is 6. The van der Waals surface area contributed by atoms with Crippen molar-refractivity contribution < 1.29 is 22.8 Å². The van der Waals surface area contributed by atoms with Crippen LogP contribution < -0.4 is 10.2 Å². The summed E-state index contributed by atoms with van der Waals surface area (Å²) in [6, 6.07) is 13.0. The lowest BCUT2D eigenvalue weighted by atomic mass is 10.2. The van der Waals surface area contributed by atoms with Crippen LogP contribution in [0.25, 0.3) is 10.2 Å². The van der Waals surface area contributed by atoms with Crippen molar-refractivity contribution in [2.75, 3.05) is 5.43 Å². The number of hydrogen-bond donors (Lipinski definition) is 1. The van der Waals surface area contributed by atoms with Crippen LogP contribution in [0.3, 0.4) is 0 Å². The van der Waals surface area contributed by atoms with Gasteiger partial charge in [0.1, 0.15) is 0 Å². The molecule has 0 radical (unpaired) electrons. The minimum atomic E-state index is -4.72. The molecule has 0 spiro atoms. The van der Waals surface area contributed by atoms with Gasteiger partial charge in [-0.05, 0) is 73.8 Å². The number of ether oxygens (including phenoxy) is 1. The summed E-state index contributed by atoms with van der Waals surface area (Å²) in [4.78, 5) is 14.8. The van der Waals surface area contributed by atoms with Crippen molar-refractivity contribution in [2.24, 2.45) is 5.10 Å². The molecule has 4 aromatic rings. The van der Waals surface area contributed by atoms with E-state index < -0.39 is 22.4 Å². The van der Waals surface area contributed by atoms with Gasteiger partial charge in [-0.3, -0.25) is 15.5 Å². The fraction of sp³-hybridized carbons (Fsp3) is 0.0476. The lowest BCUT2D eigenvalue weighted by Gasteiger charge is -2.12. The Morgan fingerprint density at radius 2 is 1.82 bits per heavy atom. The van der Waals surface area contributed by atoms with Gasteiger partial charge in [0.25, 0.3) is 0 Å². The van der Waals surface area contributed by atoms with Gasteiger partial charge in [0.2, 0.25) is 10.9 Å². The molecule has 0 saturated heterocycles. The number of hydrogen-bond acceptors (Lipinski definition) is 7. The van der Waals surface area contributed by atoms with Crippen LogP contribution in [0.1, 0.15) is 11.1 Å². The third-order valence-electron chi connectivity index (χ3n) is 4.38. The highest BCUT2D eigenvalue weighted by Crippen LogP contribution is 2.42. The number of para-hydroxylation sites is 1. The molecule has 0 fully saturated rings. The molecule has 1 heterocycles. The van der Waals surface area contributed by atoms with E-state index in [2.05, 4.69) is 47.4 Å². The summed E-state index contributed by atoms with van der Waals surface area (Å²) in [5.41, 5.74) is 2.41. The molecule has 0 aliphatic carbocycles. The molecule has 0 saturated carbocycles. The van der Waals surface area contributed by atoms with E-state index in [4.69, 9.17) is 4.74 Å². The summed E-state index contributed by atoms with van der Waals surface area (Å²) in [5.74, 6) is -0.183. The Balaban J connectivity index is 1.54. The average Bonchev–Trinajstić information content (AvgIpc) is 3.18. The van der Waals surface area contributed by atoms with Gasteiger partial charge in [0.05, 0.1) is 35.9 Å². The molecule has 0 unspecified atom stereocenters. The molecule has 3 aromatic carbocycles. The summed E-state index contributed by atoms with van der Waals surface area (Å²) >= 11 is 8.10. The number of nitro benzene ring substituents is 1. The lowest BCUT2D eigenvalue weighted by molar-refractivity contribution is -0.385. The van der Waals surface area contributed by atoms with Gasteiger partial charge in [-0.15, -0.1) is 0 Å². The van der Waals surface area contributed by atoms with E-state index in [1.807, 2.05) is 24.3 Å². The van der Waals surface area contributed by atoms with E-state index in [1.54, 1.807) is 12.1 Å². The third-order valence-corrected chi connectivity index (χ3v) is 6.50. The summed E-state index contributed by atoms with van der Waals surface area (Å²) in [5, 5.41) is 16.1. The summed E-state index contributed by atoms with van der Waals surface area (Å²) in [6.45, 7) is 0. The normalized spacial score (nSPS) is 11.8. The SMILES string of the molecule is O=[N+]([O-])c1cc(C(F)(F)F)ccc1Oc1c(Br)cc(/C=N\Nc2nc3ccccc3s2)cc1Br. The first-order valence-corrected chi connectivity index (χ1v) is 11.7. The number of alkyl halides is 3. The Hall–Kier alpha value is -3.03. The van der Waals surface area contributed by atoms with Crippen LogP contribution in [0.15, 0.2) is 68.6 Å². The molecule has 1 N–H and O–H groups in total. The first-order valence-electron chi connectivity index (χ1n) is 9.29. The van der Waals surface area contributed by atoms with Gasteiger partial charge in [-0.2, -0.15) is 18.3 Å². The van der Waals surface area contributed by atoms with Gasteiger partial charge >= 0.3 is 11.9 Å². The average molecular weight is 616 g/mol. The van der Waals surface area contributed by atoms with Gasteiger partial charge < -0.3 is 4.74 Å². The second kappa shape index (κ2) is 9.68. The van der Waals surface area contributed by atoms with Crippen molar-refractivity contribution in [1.29, 1.82) is 0 Å². The number of benzene rings is 3. The number of aromatic nitrogens is 1. The van der Waals surface area contributed by atoms with Crippen LogP contribution in [0.2, 0.25) is 0 Å². The van der Waals surface area contributed by atoms with Crippen LogP contribution in [-0.4, -0.2) is 16.1 Å². The quantitative estimate of drug-likeness (QED) is 0.135. The van der Waals surface area contributed by atoms with Gasteiger partial charge in [-0.1, -0.05) is 23.5 Å². The number of halogens is 5. The maximum atomic E-state index is 12.9. The van der Waals surface area contributed by atoms with Crippen molar-refractivity contribution in [1.82, 2.24) is 4.98 Å². The predicted octanol–water partition coefficient (Wildman–Crippen LogP) is 7.99. The third kappa shape index (κ3) is 5.37. The van der Waals surface area contributed by atoms with Crippen LogP contribution in [0, 0.1) is 10.1 Å². The van der Waals surface area contributed by atoms with E-state index in [9.17, 15) is 23.3 Å². The Morgan fingerprint density at radius 3 is 2.47 bits per heavy atom. The van der Waals surface area contributed by atoms with Crippen LogP contribution in [-0.2, 0) is 6.18 Å². The zero-order valence-corrected chi connectivity index (χ0v) is 20.6. The molecule has 0 amide bonds. The molecule has 4 rings (SSSR count). The van der Waals surface area contributed by atoms with Crippen molar-refractivity contribution in [2.45, 2.75) is 6.18 Å². The van der Waals surface area contributed by atoms with E-state index >= 15 is 0 Å². The molecule has 7 nitrogen and oxygen atoms in total. The van der Waals surface area contributed by atoms with Crippen molar-refractivity contribution in [3.05, 3.63) is 84.8 Å². The number of nitro groups is 1. The fourth-order valence-electron chi connectivity index (χ4n) is 2.87. The summed E-state index contributed by atoms with van der Waals surface area (Å²) in [6.07, 6.45) is -3.18. The van der Waals surface area contributed by atoms with Crippen molar-refractivity contribution in [3.8, 4) is 11.5 Å². The van der Waals surface area contributed by atoms with E-state index in [0.717, 1.165) is 22.3 Å². The molecule has 0 bridgehead atoms. The topological polar surface area (TPSA) is 89.7 Å². The maximum Gasteiger partial charge on any atom is 0.416 e. The van der Waals surface area contributed by atoms with Gasteiger partial charge in [0, 0.05) is 6.07 Å². The Kier molecular flexibility index (Phi) is 6.86. The Morgan fingerprint density at radius 1 is 1.12 bits per heavy atom. The monoisotopic (exact) mass is 614 g/mol. The number of hydrazone groups is 1. The minimum Gasteiger partial charge on any atom is -0.448 e. The Bertz CT molecular complexity index is 1370. The standard InChI is InChI=1S/C21H11Br2F3N4O3S/c22-13-7-11(10-27-29-20-28-15-3-1-2-4-18(15)34-20)8-14(23)19(13)33-17-6-5-12(21(24,25)26)9-16(17)30(31)32/h1-10H,(H,28,29)/b27-10-. The highest BCUT2D eigenvalue weighted by molar-refractivity contribution is 9.11. The maximum absolute atomic E-state index is 12.9. The van der Waals surface area contributed by atoms with E-state index in [0.29, 0.717) is 25.7 Å². The molecule has 0 aliphatic heterocycles. The predicted molar refractivity (Wildman–Crippen MR) is 131 cm³/mol. The number of nitrogens with one attached hydrogen (secondary N) is 1. The first kappa shape index (κ1) is 24.1. The zero-order chi connectivity index (χ0) is 24.5. The summed E-state index contributed by atoms with van der Waals surface area (Å²) < 4.78 is 46.2. The van der Waals surface area contributed by atoms with Crippen LogP contribution in [0.5, 0.6) is 11.5 Å². The second-order valence-corrected chi connectivity index (χ2v) is 9.45. The first-order chi connectivity index (χ1) is 16.1. The van der Waals surface area contributed by atoms with Crippen LogP contribution in [0.4, 0.5) is 24.0 Å². The van der Waals surface area contributed by atoms with Gasteiger partial charge in [0.15, 0.2) is 5.75 Å². The Labute approximate surface area is 210 Å². The fourth-order valence-corrected chi connectivity index (χ4v) is 5.07. The molecule has 0 aliphatic rings. The molecule has 1 aromatic heterocycles. The molecular weight excluding hydrogens is 605 g/mol. The van der Waals surface area contributed by atoms with E-state index in [-0.39, 0.29) is 11.5 Å². The number of thiazole rings is 1. The molecular formula is C21H11Br2F3N4O3S. The van der Waals surface area contributed by atoms with Crippen LogP contribution >= 0.6 is 43.2 Å². The van der Waals surface area contributed by atoms with Crippen molar-refractivity contribution in [3.63, 3.8) is 0 Å². The largest absolute Gasteiger partial charge is 0.448 e. The number of anilines is 1. The number of nitrogens with zero attached hydrogens (tertiary/aromatic N) is 3. The minimum absolute atomic E-state index is 0.152. The highest BCUT2D eigenvalue weighted by Gasteiger charge is 2.33. The molecule has 34 heavy (non-hydrogen) atoms. The number of fused-ring (bicyclic) bond motifs is 1. The zero-order valence-electron chi connectivity index (χ0n) is 16.6. The smallest absolute Gasteiger partial charge is 0.416 e. The highest BCUT2D eigenvalue weighted by atomic mass is 79.9. The van der Waals surface area contributed by atoms with Gasteiger partial charge in [-0.25, -0.2) is 4.98 Å². The second-order valence-electron chi connectivity index (χ2n) is 6.71. The molecule has 174 valence electrons. The van der Waals surface area contributed by atoms with E-state index in [1.165, 1.54) is 17.6 Å².